The second-order valence-corrected chi connectivity index (χ2v) is 6.69. The van der Waals surface area contributed by atoms with Crippen LogP contribution >= 0.6 is 15.9 Å². The number of halogens is 1. The fraction of sp³-hybridized carbons (Fsp3) is 0.316. The first kappa shape index (κ1) is 19.1. The quantitative estimate of drug-likeness (QED) is 0.691. The molecule has 0 saturated heterocycles. The Balaban J connectivity index is 2.17. The molecule has 0 aliphatic rings. The fourth-order valence-electron chi connectivity index (χ4n) is 2.34. The van der Waals surface area contributed by atoms with Crippen LogP contribution in [0, 0.1) is 0 Å². The van der Waals surface area contributed by atoms with Crippen LogP contribution in [0.4, 0.5) is 11.4 Å². The number of anilines is 2. The van der Waals surface area contributed by atoms with E-state index in [1.807, 2.05) is 50.2 Å². The van der Waals surface area contributed by atoms with Crippen LogP contribution in [0.5, 0.6) is 11.5 Å². The number of methoxy groups -OCH3 is 1. The molecule has 0 bridgehead atoms. The van der Waals surface area contributed by atoms with Crippen LogP contribution in [0.25, 0.3) is 0 Å². The zero-order valence-electron chi connectivity index (χ0n) is 14.9. The summed E-state index contributed by atoms with van der Waals surface area (Å²) in [6.07, 6.45) is 0.0406. The van der Waals surface area contributed by atoms with Crippen molar-refractivity contribution in [3.05, 3.63) is 46.4 Å². The van der Waals surface area contributed by atoms with Crippen molar-refractivity contribution < 1.29 is 14.3 Å². The number of hydrogen-bond acceptors (Lipinski definition) is 4. The molecule has 0 fully saturated rings. The second kappa shape index (κ2) is 8.76. The first-order valence-corrected chi connectivity index (χ1v) is 8.83. The van der Waals surface area contributed by atoms with Gasteiger partial charge >= 0.3 is 0 Å². The van der Waals surface area contributed by atoms with Crippen molar-refractivity contribution in [2.45, 2.75) is 33.4 Å². The number of carbonyl (C=O) groups excluding carboxylic acids is 1. The van der Waals surface area contributed by atoms with E-state index in [0.717, 1.165) is 27.2 Å². The van der Waals surface area contributed by atoms with Gasteiger partial charge in [-0.1, -0.05) is 15.9 Å². The Morgan fingerprint density at radius 3 is 2.32 bits per heavy atom. The van der Waals surface area contributed by atoms with Crippen LogP contribution in [-0.4, -0.2) is 19.1 Å². The van der Waals surface area contributed by atoms with Crippen molar-refractivity contribution in [2.24, 2.45) is 0 Å². The number of rotatable bonds is 7. The maximum atomic E-state index is 11.1. The van der Waals surface area contributed by atoms with Crippen LogP contribution in [0.3, 0.4) is 0 Å². The maximum Gasteiger partial charge on any atom is 0.221 e. The number of hydrogen-bond donors (Lipinski definition) is 2. The summed E-state index contributed by atoms with van der Waals surface area (Å²) >= 11 is 3.59. The lowest BCUT2D eigenvalue weighted by molar-refractivity contribution is -0.114. The van der Waals surface area contributed by atoms with E-state index in [9.17, 15) is 4.79 Å². The Morgan fingerprint density at radius 1 is 1.12 bits per heavy atom. The van der Waals surface area contributed by atoms with E-state index >= 15 is 0 Å². The molecular formula is C19H23BrN2O3. The minimum absolute atomic E-state index is 0.0406. The van der Waals surface area contributed by atoms with E-state index in [0.29, 0.717) is 12.3 Å². The van der Waals surface area contributed by atoms with Gasteiger partial charge < -0.3 is 20.1 Å². The Labute approximate surface area is 156 Å². The van der Waals surface area contributed by atoms with E-state index in [1.165, 1.54) is 6.92 Å². The van der Waals surface area contributed by atoms with Crippen LogP contribution in [0.2, 0.25) is 0 Å². The Kier molecular flexibility index (Phi) is 6.70. The molecule has 2 aromatic carbocycles. The van der Waals surface area contributed by atoms with E-state index < -0.39 is 0 Å². The zero-order chi connectivity index (χ0) is 18.4. The van der Waals surface area contributed by atoms with E-state index in [-0.39, 0.29) is 12.0 Å². The highest BCUT2D eigenvalue weighted by Crippen LogP contribution is 2.37. The van der Waals surface area contributed by atoms with Gasteiger partial charge in [-0.05, 0) is 50.2 Å². The number of amides is 1. The molecular weight excluding hydrogens is 384 g/mol. The van der Waals surface area contributed by atoms with Gasteiger partial charge in [0.25, 0.3) is 0 Å². The molecule has 2 N–H and O–H groups in total. The summed E-state index contributed by atoms with van der Waals surface area (Å²) < 4.78 is 12.3. The van der Waals surface area contributed by atoms with Crippen molar-refractivity contribution in [1.29, 1.82) is 0 Å². The average Bonchev–Trinajstić information content (AvgIpc) is 2.55. The highest BCUT2D eigenvalue weighted by atomic mass is 79.9. The van der Waals surface area contributed by atoms with Crippen molar-refractivity contribution >= 4 is 33.2 Å². The van der Waals surface area contributed by atoms with Gasteiger partial charge in [-0.15, -0.1) is 0 Å². The average molecular weight is 407 g/mol. The molecule has 134 valence electrons. The summed E-state index contributed by atoms with van der Waals surface area (Å²) in [6.45, 7) is 6.03. The van der Waals surface area contributed by atoms with Crippen molar-refractivity contribution in [2.75, 3.05) is 17.7 Å². The minimum Gasteiger partial charge on any atom is -0.493 e. The smallest absolute Gasteiger partial charge is 0.221 e. The number of benzene rings is 2. The zero-order valence-corrected chi connectivity index (χ0v) is 16.4. The van der Waals surface area contributed by atoms with Gasteiger partial charge in [-0.3, -0.25) is 4.79 Å². The van der Waals surface area contributed by atoms with Gasteiger partial charge in [0.2, 0.25) is 5.91 Å². The van der Waals surface area contributed by atoms with E-state index in [1.54, 1.807) is 7.11 Å². The third kappa shape index (κ3) is 5.39. The predicted molar refractivity (Wildman–Crippen MR) is 105 cm³/mol. The van der Waals surface area contributed by atoms with Gasteiger partial charge in [0.1, 0.15) is 0 Å². The van der Waals surface area contributed by atoms with Crippen LogP contribution in [0.15, 0.2) is 40.9 Å². The van der Waals surface area contributed by atoms with Crippen molar-refractivity contribution in [1.82, 2.24) is 0 Å². The molecule has 5 nitrogen and oxygen atoms in total. The normalized spacial score (nSPS) is 10.5. The Hall–Kier alpha value is -2.21. The third-order valence-corrected chi connectivity index (χ3v) is 4.16. The molecule has 0 heterocycles. The molecule has 6 heteroatoms. The highest BCUT2D eigenvalue weighted by Gasteiger charge is 2.15. The van der Waals surface area contributed by atoms with Crippen LogP contribution < -0.4 is 20.1 Å². The molecule has 0 radical (unpaired) electrons. The maximum absolute atomic E-state index is 11.1. The minimum atomic E-state index is -0.0866. The van der Waals surface area contributed by atoms with Gasteiger partial charge in [0.05, 0.1) is 13.2 Å². The number of carbonyl (C=O) groups is 1. The third-order valence-electron chi connectivity index (χ3n) is 3.42. The molecule has 0 spiro atoms. The molecule has 2 aromatic rings. The van der Waals surface area contributed by atoms with Crippen LogP contribution in [-0.2, 0) is 11.3 Å². The molecule has 0 saturated carbocycles. The van der Waals surface area contributed by atoms with Crippen LogP contribution in [0.1, 0.15) is 26.3 Å². The summed E-state index contributed by atoms with van der Waals surface area (Å²) in [6, 6.07) is 11.4. The Bertz CT molecular complexity index is 730. The summed E-state index contributed by atoms with van der Waals surface area (Å²) in [4.78, 5) is 11.1. The largest absolute Gasteiger partial charge is 0.493 e. The molecule has 25 heavy (non-hydrogen) atoms. The fourth-order valence-corrected chi connectivity index (χ4v) is 2.79. The lowest BCUT2D eigenvalue weighted by atomic mass is 10.1. The Morgan fingerprint density at radius 2 is 1.76 bits per heavy atom. The molecule has 1 amide bonds. The molecule has 0 aliphatic heterocycles. The summed E-state index contributed by atoms with van der Waals surface area (Å²) in [5, 5.41) is 6.12. The van der Waals surface area contributed by atoms with E-state index in [2.05, 4.69) is 26.6 Å². The van der Waals surface area contributed by atoms with Gasteiger partial charge in [-0.25, -0.2) is 0 Å². The predicted octanol–water partition coefficient (Wildman–Crippen LogP) is 4.82. The number of ether oxygens (including phenoxy) is 2. The van der Waals surface area contributed by atoms with Crippen molar-refractivity contribution in [3.8, 4) is 11.5 Å². The molecule has 0 unspecified atom stereocenters. The first-order valence-electron chi connectivity index (χ1n) is 8.04. The summed E-state index contributed by atoms with van der Waals surface area (Å²) in [5.41, 5.74) is 2.70. The number of nitrogens with one attached hydrogen (secondary N) is 2. The van der Waals surface area contributed by atoms with Crippen molar-refractivity contribution in [3.63, 3.8) is 0 Å². The van der Waals surface area contributed by atoms with E-state index in [4.69, 9.17) is 9.47 Å². The van der Waals surface area contributed by atoms with Gasteiger partial charge in [-0.2, -0.15) is 0 Å². The highest BCUT2D eigenvalue weighted by molar-refractivity contribution is 9.10. The van der Waals surface area contributed by atoms with Gasteiger partial charge in [0, 0.05) is 34.9 Å². The molecule has 0 atom stereocenters. The first-order chi connectivity index (χ1) is 11.9. The SMILES string of the molecule is COc1ccc(Br)c(CNc2ccc(NC(C)=O)cc2)c1OC(C)C. The monoisotopic (exact) mass is 406 g/mol. The topological polar surface area (TPSA) is 59.6 Å². The van der Waals surface area contributed by atoms with Gasteiger partial charge in [0.15, 0.2) is 11.5 Å². The summed E-state index contributed by atoms with van der Waals surface area (Å²) in [5.74, 6) is 1.35. The molecule has 0 aromatic heterocycles. The summed E-state index contributed by atoms with van der Waals surface area (Å²) in [7, 11) is 1.63. The standard InChI is InChI=1S/C19H23BrN2O3/c1-12(2)25-19-16(17(20)9-10-18(19)24-4)11-21-14-5-7-15(8-6-14)22-13(3)23/h5-10,12,21H,11H2,1-4H3,(H,22,23). The second-order valence-electron chi connectivity index (χ2n) is 5.84. The lowest BCUT2D eigenvalue weighted by Crippen LogP contribution is -2.11. The molecule has 2 rings (SSSR count). The lowest BCUT2D eigenvalue weighted by Gasteiger charge is -2.19. The molecule has 0 aliphatic carbocycles.